The van der Waals surface area contributed by atoms with Crippen LogP contribution in [0.2, 0.25) is 0 Å². The third kappa shape index (κ3) is 3.08. The molecule has 0 unspecified atom stereocenters. The van der Waals surface area contributed by atoms with Gasteiger partial charge in [0, 0.05) is 17.9 Å². The molecule has 1 aromatic rings. The number of hydrogen-bond donors (Lipinski definition) is 1. The van der Waals surface area contributed by atoms with Gasteiger partial charge in [0.2, 0.25) is 10.0 Å². The molecule has 0 saturated heterocycles. The summed E-state index contributed by atoms with van der Waals surface area (Å²) in [4.78, 5) is 0.272. The molecule has 0 atom stereocenters. The van der Waals surface area contributed by atoms with Crippen LogP contribution >= 0.6 is 15.9 Å². The highest BCUT2D eigenvalue weighted by atomic mass is 79.9. The Bertz CT molecular complexity index is 520. The van der Waals surface area contributed by atoms with Crippen LogP contribution in [0, 0.1) is 13.8 Å². The van der Waals surface area contributed by atoms with Crippen molar-refractivity contribution < 1.29 is 8.42 Å². The molecular formula is C10H18BrN3O2S. The summed E-state index contributed by atoms with van der Waals surface area (Å²) in [6.07, 6.45) is 0. The summed E-state index contributed by atoms with van der Waals surface area (Å²) < 4.78 is 28.8. The molecule has 0 fully saturated rings. The van der Waals surface area contributed by atoms with E-state index < -0.39 is 15.6 Å². The van der Waals surface area contributed by atoms with E-state index in [0.29, 0.717) is 16.7 Å². The minimum atomic E-state index is -3.53. The molecule has 0 aliphatic heterocycles. The van der Waals surface area contributed by atoms with Crippen LogP contribution in [0.15, 0.2) is 4.90 Å². The minimum Gasteiger partial charge on any atom is -0.271 e. The highest BCUT2D eigenvalue weighted by molar-refractivity contribution is 9.09. The van der Waals surface area contributed by atoms with Gasteiger partial charge in [-0.15, -0.1) is 0 Å². The molecule has 0 aliphatic rings. The first kappa shape index (κ1) is 14.7. The van der Waals surface area contributed by atoms with E-state index in [-0.39, 0.29) is 4.90 Å². The lowest BCUT2D eigenvalue weighted by atomic mass is 10.1. The SMILES string of the molecule is Cc1nn(C)c(C)c1S(=O)(=O)NC(C)(C)CBr. The van der Waals surface area contributed by atoms with Gasteiger partial charge in [0.05, 0.1) is 11.4 Å². The van der Waals surface area contributed by atoms with Crippen molar-refractivity contribution in [3.05, 3.63) is 11.4 Å². The first-order valence-electron chi connectivity index (χ1n) is 5.21. The van der Waals surface area contributed by atoms with Crippen LogP contribution in [0.1, 0.15) is 25.2 Å². The quantitative estimate of drug-likeness (QED) is 0.854. The van der Waals surface area contributed by atoms with Crippen LogP contribution in [-0.2, 0) is 17.1 Å². The molecule has 0 bridgehead atoms. The molecular weight excluding hydrogens is 306 g/mol. The Morgan fingerprint density at radius 2 is 1.94 bits per heavy atom. The number of sulfonamides is 1. The summed E-state index contributed by atoms with van der Waals surface area (Å²) in [7, 11) is -1.80. The lowest BCUT2D eigenvalue weighted by Crippen LogP contribution is -2.44. The third-order valence-electron chi connectivity index (χ3n) is 2.46. The molecule has 0 aliphatic carbocycles. The van der Waals surface area contributed by atoms with Crippen LogP contribution in [0.3, 0.4) is 0 Å². The fourth-order valence-electron chi connectivity index (χ4n) is 1.59. The van der Waals surface area contributed by atoms with Crippen LogP contribution in [0.25, 0.3) is 0 Å². The van der Waals surface area contributed by atoms with Crippen LogP contribution in [0.5, 0.6) is 0 Å². The molecule has 5 nitrogen and oxygen atoms in total. The van der Waals surface area contributed by atoms with Gasteiger partial charge >= 0.3 is 0 Å². The van der Waals surface area contributed by atoms with E-state index >= 15 is 0 Å². The van der Waals surface area contributed by atoms with E-state index in [4.69, 9.17) is 0 Å². The standard InChI is InChI=1S/C10H18BrN3O2S/c1-7-9(8(2)14(5)12-7)17(15,16)13-10(3,4)6-11/h13H,6H2,1-5H3. The van der Waals surface area contributed by atoms with E-state index in [9.17, 15) is 8.42 Å². The van der Waals surface area contributed by atoms with Gasteiger partial charge in [-0.2, -0.15) is 5.10 Å². The van der Waals surface area contributed by atoms with Gasteiger partial charge in [0.15, 0.2) is 0 Å². The minimum absolute atomic E-state index is 0.272. The summed E-state index contributed by atoms with van der Waals surface area (Å²) in [5.74, 6) is 0. The summed E-state index contributed by atoms with van der Waals surface area (Å²) >= 11 is 3.29. The van der Waals surface area contributed by atoms with Gasteiger partial charge in [0.25, 0.3) is 0 Å². The van der Waals surface area contributed by atoms with Crippen molar-refractivity contribution in [1.29, 1.82) is 0 Å². The van der Waals surface area contributed by atoms with Crippen LogP contribution in [0.4, 0.5) is 0 Å². The van der Waals surface area contributed by atoms with Crippen LogP contribution in [-0.4, -0.2) is 29.1 Å². The summed E-state index contributed by atoms with van der Waals surface area (Å²) in [6.45, 7) is 7.08. The smallest absolute Gasteiger partial charge is 0.244 e. The second kappa shape index (κ2) is 4.70. The topological polar surface area (TPSA) is 64.0 Å². The van der Waals surface area contributed by atoms with Crippen molar-refractivity contribution in [2.45, 2.75) is 38.1 Å². The molecule has 0 spiro atoms. The molecule has 0 amide bonds. The maximum absolute atomic E-state index is 12.3. The van der Waals surface area contributed by atoms with Crippen molar-refractivity contribution in [2.24, 2.45) is 7.05 Å². The Hall–Kier alpha value is -0.400. The van der Waals surface area contributed by atoms with Crippen molar-refractivity contribution >= 4 is 26.0 Å². The molecule has 1 heterocycles. The zero-order valence-corrected chi connectivity index (χ0v) is 13.1. The molecule has 17 heavy (non-hydrogen) atoms. The monoisotopic (exact) mass is 323 g/mol. The Morgan fingerprint density at radius 1 is 1.41 bits per heavy atom. The highest BCUT2D eigenvalue weighted by Crippen LogP contribution is 2.20. The second-order valence-electron chi connectivity index (χ2n) is 4.75. The molecule has 98 valence electrons. The van der Waals surface area contributed by atoms with Gasteiger partial charge in [-0.25, -0.2) is 13.1 Å². The van der Waals surface area contributed by atoms with E-state index in [2.05, 4.69) is 25.8 Å². The molecule has 1 aromatic heterocycles. The van der Waals surface area contributed by atoms with Crippen molar-refractivity contribution in [3.63, 3.8) is 0 Å². The molecule has 7 heteroatoms. The number of nitrogens with one attached hydrogen (secondary N) is 1. The number of aromatic nitrogens is 2. The third-order valence-corrected chi connectivity index (χ3v) is 5.81. The summed E-state index contributed by atoms with van der Waals surface area (Å²) in [6, 6.07) is 0. The van der Waals surface area contributed by atoms with Gasteiger partial charge in [-0.3, -0.25) is 4.68 Å². The summed E-state index contributed by atoms with van der Waals surface area (Å²) in [5.41, 5.74) is 0.622. The molecule has 0 saturated carbocycles. The number of nitrogens with zero attached hydrogens (tertiary/aromatic N) is 2. The average molecular weight is 324 g/mol. The second-order valence-corrected chi connectivity index (χ2v) is 6.93. The Labute approximate surface area is 111 Å². The maximum Gasteiger partial charge on any atom is 0.244 e. The lowest BCUT2D eigenvalue weighted by molar-refractivity contribution is 0.500. The summed E-state index contributed by atoms with van der Waals surface area (Å²) in [5, 5.41) is 4.66. The number of alkyl halides is 1. The predicted molar refractivity (Wildman–Crippen MR) is 70.9 cm³/mol. The molecule has 0 aromatic carbocycles. The average Bonchev–Trinajstić information content (AvgIpc) is 2.39. The largest absolute Gasteiger partial charge is 0.271 e. The number of rotatable bonds is 4. The number of aryl methyl sites for hydroxylation is 2. The Balaban J connectivity index is 3.23. The fraction of sp³-hybridized carbons (Fsp3) is 0.700. The molecule has 1 rings (SSSR count). The highest BCUT2D eigenvalue weighted by Gasteiger charge is 2.29. The van der Waals surface area contributed by atoms with Gasteiger partial charge in [0.1, 0.15) is 4.90 Å². The van der Waals surface area contributed by atoms with Crippen molar-refractivity contribution in [2.75, 3.05) is 5.33 Å². The van der Waals surface area contributed by atoms with E-state index in [1.54, 1.807) is 25.6 Å². The number of halogens is 1. The van der Waals surface area contributed by atoms with E-state index in [0.717, 1.165) is 0 Å². The Morgan fingerprint density at radius 3 is 2.29 bits per heavy atom. The lowest BCUT2D eigenvalue weighted by Gasteiger charge is -2.23. The first-order chi connectivity index (χ1) is 7.60. The zero-order chi connectivity index (χ0) is 13.4. The van der Waals surface area contributed by atoms with Crippen molar-refractivity contribution in [1.82, 2.24) is 14.5 Å². The predicted octanol–water partition coefficient (Wildman–Crippen LogP) is 1.49. The fourth-order valence-corrected chi connectivity index (χ4v) is 3.76. The van der Waals surface area contributed by atoms with Gasteiger partial charge in [-0.1, -0.05) is 15.9 Å². The molecule has 0 radical (unpaired) electrons. The number of hydrogen-bond acceptors (Lipinski definition) is 3. The molecule has 1 N–H and O–H groups in total. The normalized spacial score (nSPS) is 13.1. The van der Waals surface area contributed by atoms with Gasteiger partial charge < -0.3 is 0 Å². The van der Waals surface area contributed by atoms with E-state index in [1.807, 2.05) is 13.8 Å². The zero-order valence-electron chi connectivity index (χ0n) is 10.7. The maximum atomic E-state index is 12.3. The Kier molecular flexibility index (Phi) is 4.05. The van der Waals surface area contributed by atoms with Crippen molar-refractivity contribution in [3.8, 4) is 0 Å². The van der Waals surface area contributed by atoms with Gasteiger partial charge in [-0.05, 0) is 27.7 Å². The van der Waals surface area contributed by atoms with Crippen LogP contribution < -0.4 is 4.72 Å². The first-order valence-corrected chi connectivity index (χ1v) is 7.81. The van der Waals surface area contributed by atoms with E-state index in [1.165, 1.54) is 0 Å².